The molecule has 0 aromatic heterocycles. The van der Waals surface area contributed by atoms with Crippen molar-refractivity contribution >= 4 is 23.0 Å². The van der Waals surface area contributed by atoms with Crippen molar-refractivity contribution in [3.8, 4) is 0 Å². The quantitative estimate of drug-likeness (QED) is 0.789. The standard InChI is InChI=1S/C14H19N3O2/c1-17(10-4-5-19-8-10)13-6-9-2-3-14(18)16-12(9)7-11(13)15/h6-7,10H,2-5,8,15H2,1H3,(H,16,18). The number of ether oxygens (including phenoxy) is 1. The minimum absolute atomic E-state index is 0.0668. The number of hydrogen-bond acceptors (Lipinski definition) is 4. The molecule has 5 nitrogen and oxygen atoms in total. The Bertz CT molecular complexity index is 510. The third-order valence-corrected chi connectivity index (χ3v) is 3.98. The molecular formula is C14H19N3O2. The summed E-state index contributed by atoms with van der Waals surface area (Å²) in [4.78, 5) is 13.6. The fourth-order valence-corrected chi connectivity index (χ4v) is 2.76. The molecule has 1 saturated heterocycles. The van der Waals surface area contributed by atoms with Gasteiger partial charge in [0.1, 0.15) is 0 Å². The summed E-state index contributed by atoms with van der Waals surface area (Å²) in [6.07, 6.45) is 2.36. The van der Waals surface area contributed by atoms with Crippen molar-refractivity contribution in [3.63, 3.8) is 0 Å². The van der Waals surface area contributed by atoms with Crippen LogP contribution in [0, 0.1) is 0 Å². The molecule has 1 fully saturated rings. The number of benzene rings is 1. The maximum atomic E-state index is 11.4. The Hall–Kier alpha value is -1.75. The van der Waals surface area contributed by atoms with Crippen molar-refractivity contribution in [1.82, 2.24) is 0 Å². The number of amides is 1. The van der Waals surface area contributed by atoms with Crippen LogP contribution in [-0.2, 0) is 16.0 Å². The van der Waals surface area contributed by atoms with Crippen molar-refractivity contribution in [1.29, 1.82) is 0 Å². The van der Waals surface area contributed by atoms with E-state index in [1.165, 1.54) is 0 Å². The van der Waals surface area contributed by atoms with Gasteiger partial charge in [0.05, 0.1) is 24.0 Å². The van der Waals surface area contributed by atoms with E-state index in [0.717, 1.165) is 43.0 Å². The number of likely N-dealkylation sites (N-methyl/N-ethyl adjacent to an activating group) is 1. The number of carbonyl (C=O) groups excluding carboxylic acids is 1. The number of hydrogen-bond donors (Lipinski definition) is 2. The van der Waals surface area contributed by atoms with E-state index < -0.39 is 0 Å². The predicted octanol–water partition coefficient (Wildman–Crippen LogP) is 1.38. The second-order valence-electron chi connectivity index (χ2n) is 5.24. The fraction of sp³-hybridized carbons (Fsp3) is 0.500. The van der Waals surface area contributed by atoms with Gasteiger partial charge in [-0.2, -0.15) is 0 Å². The summed E-state index contributed by atoms with van der Waals surface area (Å²) in [5, 5.41) is 2.87. The molecule has 0 aliphatic carbocycles. The minimum atomic E-state index is 0.0668. The van der Waals surface area contributed by atoms with E-state index in [0.29, 0.717) is 18.2 Å². The molecule has 3 rings (SSSR count). The second-order valence-corrected chi connectivity index (χ2v) is 5.24. The molecule has 0 radical (unpaired) electrons. The zero-order chi connectivity index (χ0) is 13.4. The number of nitrogens with two attached hydrogens (primary N) is 1. The van der Waals surface area contributed by atoms with Gasteiger partial charge in [0.2, 0.25) is 5.91 Å². The van der Waals surface area contributed by atoms with Crippen LogP contribution in [0.25, 0.3) is 0 Å². The Kier molecular flexibility index (Phi) is 3.06. The minimum Gasteiger partial charge on any atom is -0.397 e. The van der Waals surface area contributed by atoms with Gasteiger partial charge >= 0.3 is 0 Å². The molecule has 1 amide bonds. The molecule has 0 saturated carbocycles. The molecule has 2 heterocycles. The molecule has 0 spiro atoms. The van der Waals surface area contributed by atoms with E-state index in [-0.39, 0.29) is 5.91 Å². The maximum Gasteiger partial charge on any atom is 0.224 e. The first-order valence-electron chi connectivity index (χ1n) is 6.68. The van der Waals surface area contributed by atoms with Gasteiger partial charge in [-0.05, 0) is 30.5 Å². The van der Waals surface area contributed by atoms with Crippen LogP contribution >= 0.6 is 0 Å². The van der Waals surface area contributed by atoms with E-state index in [2.05, 4.69) is 23.3 Å². The number of nitrogens with zero attached hydrogens (tertiary/aromatic N) is 1. The highest BCUT2D eigenvalue weighted by Gasteiger charge is 2.24. The Labute approximate surface area is 112 Å². The molecular weight excluding hydrogens is 242 g/mol. The molecule has 1 aromatic rings. The van der Waals surface area contributed by atoms with Crippen LogP contribution in [0.4, 0.5) is 17.1 Å². The van der Waals surface area contributed by atoms with Gasteiger partial charge in [0, 0.05) is 25.8 Å². The van der Waals surface area contributed by atoms with E-state index in [1.807, 2.05) is 6.07 Å². The number of rotatable bonds is 2. The van der Waals surface area contributed by atoms with Crippen LogP contribution in [0.15, 0.2) is 12.1 Å². The van der Waals surface area contributed by atoms with Gasteiger partial charge < -0.3 is 20.7 Å². The van der Waals surface area contributed by atoms with Crippen molar-refractivity contribution in [2.45, 2.75) is 25.3 Å². The van der Waals surface area contributed by atoms with E-state index >= 15 is 0 Å². The molecule has 2 aliphatic heterocycles. The van der Waals surface area contributed by atoms with Gasteiger partial charge in [-0.3, -0.25) is 4.79 Å². The number of fused-ring (bicyclic) bond motifs is 1. The van der Waals surface area contributed by atoms with Crippen LogP contribution < -0.4 is 16.0 Å². The van der Waals surface area contributed by atoms with E-state index in [1.54, 1.807) is 0 Å². The number of anilines is 3. The van der Waals surface area contributed by atoms with Gasteiger partial charge in [0.25, 0.3) is 0 Å². The fourth-order valence-electron chi connectivity index (χ4n) is 2.76. The van der Waals surface area contributed by atoms with Gasteiger partial charge in [-0.15, -0.1) is 0 Å². The third kappa shape index (κ3) is 2.26. The average molecular weight is 261 g/mol. The van der Waals surface area contributed by atoms with E-state index in [4.69, 9.17) is 10.5 Å². The Balaban J connectivity index is 1.91. The second kappa shape index (κ2) is 4.74. The SMILES string of the molecule is CN(c1cc2c(cc1N)NC(=O)CC2)C1CCOC1. The van der Waals surface area contributed by atoms with Crippen LogP contribution in [0.1, 0.15) is 18.4 Å². The normalized spacial score (nSPS) is 21.9. The zero-order valence-corrected chi connectivity index (χ0v) is 11.1. The number of aryl methyl sites for hydroxylation is 1. The molecule has 1 unspecified atom stereocenters. The lowest BCUT2D eigenvalue weighted by Gasteiger charge is -2.29. The highest BCUT2D eigenvalue weighted by molar-refractivity contribution is 5.95. The van der Waals surface area contributed by atoms with Crippen molar-refractivity contribution in [2.24, 2.45) is 0 Å². The van der Waals surface area contributed by atoms with Crippen LogP contribution in [0.2, 0.25) is 0 Å². The van der Waals surface area contributed by atoms with Crippen LogP contribution in [0.5, 0.6) is 0 Å². The molecule has 3 N–H and O–H groups in total. The van der Waals surface area contributed by atoms with E-state index in [9.17, 15) is 4.79 Å². The highest BCUT2D eigenvalue weighted by Crippen LogP contribution is 2.34. The number of carbonyl (C=O) groups is 1. The summed E-state index contributed by atoms with van der Waals surface area (Å²) in [5.74, 6) is 0.0668. The monoisotopic (exact) mass is 261 g/mol. The zero-order valence-electron chi connectivity index (χ0n) is 11.1. The highest BCUT2D eigenvalue weighted by atomic mass is 16.5. The summed E-state index contributed by atoms with van der Waals surface area (Å²) in [5.41, 5.74) is 9.88. The summed E-state index contributed by atoms with van der Waals surface area (Å²) in [6.45, 7) is 1.57. The predicted molar refractivity (Wildman–Crippen MR) is 75.4 cm³/mol. The molecule has 19 heavy (non-hydrogen) atoms. The summed E-state index contributed by atoms with van der Waals surface area (Å²) >= 11 is 0. The van der Waals surface area contributed by atoms with Crippen molar-refractivity contribution in [3.05, 3.63) is 17.7 Å². The smallest absolute Gasteiger partial charge is 0.224 e. The summed E-state index contributed by atoms with van der Waals surface area (Å²) in [6, 6.07) is 4.36. The van der Waals surface area contributed by atoms with Crippen molar-refractivity contribution in [2.75, 3.05) is 36.2 Å². The largest absolute Gasteiger partial charge is 0.397 e. The lowest BCUT2D eigenvalue weighted by Crippen LogP contribution is -2.32. The number of nitrogen functional groups attached to an aromatic ring is 1. The Morgan fingerprint density at radius 3 is 3.00 bits per heavy atom. The molecule has 0 bridgehead atoms. The van der Waals surface area contributed by atoms with Crippen molar-refractivity contribution < 1.29 is 9.53 Å². The van der Waals surface area contributed by atoms with Gasteiger partial charge in [-0.25, -0.2) is 0 Å². The summed E-state index contributed by atoms with van der Waals surface area (Å²) in [7, 11) is 2.05. The molecule has 102 valence electrons. The lowest BCUT2D eigenvalue weighted by molar-refractivity contribution is -0.116. The lowest BCUT2D eigenvalue weighted by atomic mass is 10.0. The molecule has 5 heteroatoms. The summed E-state index contributed by atoms with van der Waals surface area (Å²) < 4.78 is 5.43. The molecule has 1 aromatic carbocycles. The molecule has 1 atom stereocenters. The number of nitrogens with one attached hydrogen (secondary N) is 1. The Morgan fingerprint density at radius 2 is 2.26 bits per heavy atom. The first-order valence-corrected chi connectivity index (χ1v) is 6.68. The first kappa shape index (κ1) is 12.3. The Morgan fingerprint density at radius 1 is 1.42 bits per heavy atom. The van der Waals surface area contributed by atoms with Crippen LogP contribution in [0.3, 0.4) is 0 Å². The average Bonchev–Trinajstić information content (AvgIpc) is 2.91. The topological polar surface area (TPSA) is 67.6 Å². The first-order chi connectivity index (χ1) is 9.15. The van der Waals surface area contributed by atoms with Crippen LogP contribution in [-0.4, -0.2) is 32.2 Å². The van der Waals surface area contributed by atoms with Gasteiger partial charge in [0.15, 0.2) is 0 Å². The maximum absolute atomic E-state index is 11.4. The molecule has 2 aliphatic rings. The third-order valence-electron chi connectivity index (χ3n) is 3.98. The van der Waals surface area contributed by atoms with Gasteiger partial charge in [-0.1, -0.05) is 0 Å².